The highest BCUT2D eigenvalue weighted by atomic mass is 32.1. The molecule has 0 saturated carbocycles. The van der Waals surface area contributed by atoms with Gasteiger partial charge in [0.25, 0.3) is 0 Å². The lowest BCUT2D eigenvalue weighted by atomic mass is 10.0. The normalized spacial score (nSPS) is 14.1. The molecule has 4 rings (SSSR count). The van der Waals surface area contributed by atoms with E-state index >= 15 is 0 Å². The third-order valence-corrected chi connectivity index (χ3v) is 4.87. The second kappa shape index (κ2) is 6.81. The topological polar surface area (TPSA) is 52.6 Å². The summed E-state index contributed by atoms with van der Waals surface area (Å²) < 4.78 is 24.0. The van der Waals surface area contributed by atoms with E-state index in [0.717, 1.165) is 4.88 Å². The van der Waals surface area contributed by atoms with Crippen molar-refractivity contribution in [3.63, 3.8) is 0 Å². The number of allylic oxidation sites excluding steroid dienone is 1. The van der Waals surface area contributed by atoms with Gasteiger partial charge < -0.3 is 9.47 Å². The number of carbonyl (C=O) groups excluding carboxylic acids is 2. The fraction of sp³-hybridized carbons (Fsp3) is 0.0476. The van der Waals surface area contributed by atoms with E-state index in [-0.39, 0.29) is 22.9 Å². The largest absolute Gasteiger partial charge is 0.452 e. The number of esters is 1. The van der Waals surface area contributed by atoms with Crippen molar-refractivity contribution in [3.05, 3.63) is 87.1 Å². The molecule has 0 atom stereocenters. The molecule has 0 bridgehead atoms. The Morgan fingerprint density at radius 2 is 1.96 bits per heavy atom. The molecular weight excluding hydrogens is 367 g/mol. The first-order valence-corrected chi connectivity index (χ1v) is 8.99. The average Bonchev–Trinajstić information content (AvgIpc) is 3.24. The summed E-state index contributed by atoms with van der Waals surface area (Å²) >= 11 is 1.50. The molecule has 0 aliphatic carbocycles. The molecule has 134 valence electrons. The monoisotopic (exact) mass is 380 g/mol. The first kappa shape index (κ1) is 17.2. The zero-order valence-electron chi connectivity index (χ0n) is 14.2. The average molecular weight is 380 g/mol. The summed E-state index contributed by atoms with van der Waals surface area (Å²) in [5.74, 6) is -0.412. The number of aryl methyl sites for hydroxylation is 1. The second-order valence-electron chi connectivity index (χ2n) is 5.96. The second-order valence-corrected chi connectivity index (χ2v) is 6.94. The van der Waals surface area contributed by atoms with Crippen molar-refractivity contribution in [2.24, 2.45) is 0 Å². The number of hydrogen-bond donors (Lipinski definition) is 0. The summed E-state index contributed by atoms with van der Waals surface area (Å²) in [5, 5.41) is 1.91. The molecule has 1 aliphatic rings. The molecule has 0 N–H and O–H groups in total. The van der Waals surface area contributed by atoms with Crippen molar-refractivity contribution < 1.29 is 23.5 Å². The van der Waals surface area contributed by atoms with Crippen LogP contribution in [0.4, 0.5) is 4.39 Å². The molecule has 1 aromatic heterocycles. The fourth-order valence-corrected chi connectivity index (χ4v) is 3.44. The highest BCUT2D eigenvalue weighted by Gasteiger charge is 2.30. The Kier molecular flexibility index (Phi) is 4.33. The van der Waals surface area contributed by atoms with Crippen LogP contribution in [0.25, 0.3) is 6.08 Å². The minimum atomic E-state index is -0.618. The zero-order valence-corrected chi connectivity index (χ0v) is 15.0. The quantitative estimate of drug-likeness (QED) is 0.363. The number of rotatable bonds is 3. The van der Waals surface area contributed by atoms with Crippen LogP contribution in [0.5, 0.6) is 11.5 Å². The van der Waals surface area contributed by atoms with Crippen LogP contribution in [-0.4, -0.2) is 11.8 Å². The number of halogens is 1. The summed E-state index contributed by atoms with van der Waals surface area (Å²) in [6, 6.07) is 12.0. The molecule has 4 nitrogen and oxygen atoms in total. The van der Waals surface area contributed by atoms with E-state index in [9.17, 15) is 14.0 Å². The number of thiophene rings is 1. The molecule has 0 radical (unpaired) electrons. The number of fused-ring (bicyclic) bond motifs is 1. The van der Waals surface area contributed by atoms with Crippen LogP contribution in [0.3, 0.4) is 0 Å². The van der Waals surface area contributed by atoms with E-state index in [4.69, 9.17) is 9.47 Å². The zero-order chi connectivity index (χ0) is 19.0. The number of hydrogen-bond acceptors (Lipinski definition) is 5. The van der Waals surface area contributed by atoms with Crippen molar-refractivity contribution in [2.45, 2.75) is 6.92 Å². The lowest BCUT2D eigenvalue weighted by Gasteiger charge is -2.07. The molecular formula is C21H13FO4S. The van der Waals surface area contributed by atoms with Crippen LogP contribution in [0.15, 0.2) is 59.7 Å². The van der Waals surface area contributed by atoms with Crippen LogP contribution in [-0.2, 0) is 0 Å². The van der Waals surface area contributed by atoms with E-state index in [2.05, 4.69) is 0 Å². The SMILES string of the molecule is Cc1cc(OC(=O)c2ccc(F)cc2)cc2c1C(=O)/C(=C/c1cccs1)O2. The van der Waals surface area contributed by atoms with Gasteiger partial charge in [0, 0.05) is 17.0 Å². The number of Topliss-reactive ketones (excluding diaryl/α,β-unsaturated/α-hetero) is 1. The van der Waals surface area contributed by atoms with Gasteiger partial charge in [0.05, 0.1) is 11.1 Å². The van der Waals surface area contributed by atoms with Gasteiger partial charge in [-0.3, -0.25) is 4.79 Å². The Hall–Kier alpha value is -3.25. The van der Waals surface area contributed by atoms with E-state index in [1.54, 1.807) is 19.1 Å². The molecule has 3 aromatic rings. The van der Waals surface area contributed by atoms with Gasteiger partial charge in [0.2, 0.25) is 5.78 Å². The van der Waals surface area contributed by atoms with E-state index in [1.165, 1.54) is 41.7 Å². The highest BCUT2D eigenvalue weighted by Crippen LogP contribution is 2.38. The van der Waals surface area contributed by atoms with Crippen LogP contribution < -0.4 is 9.47 Å². The van der Waals surface area contributed by atoms with Crippen molar-refractivity contribution >= 4 is 29.2 Å². The molecule has 0 saturated heterocycles. The number of ketones is 1. The first-order chi connectivity index (χ1) is 13.0. The van der Waals surface area contributed by atoms with Crippen molar-refractivity contribution in [2.75, 3.05) is 0 Å². The van der Waals surface area contributed by atoms with Crippen molar-refractivity contribution in [3.8, 4) is 11.5 Å². The minimum absolute atomic E-state index is 0.202. The molecule has 0 fully saturated rings. The van der Waals surface area contributed by atoms with Crippen LogP contribution in [0.2, 0.25) is 0 Å². The van der Waals surface area contributed by atoms with Crippen LogP contribution in [0.1, 0.15) is 31.2 Å². The number of carbonyl (C=O) groups is 2. The number of ether oxygens (including phenoxy) is 2. The van der Waals surface area contributed by atoms with Gasteiger partial charge in [-0.15, -0.1) is 11.3 Å². The van der Waals surface area contributed by atoms with Gasteiger partial charge in [0.15, 0.2) is 5.76 Å². The van der Waals surface area contributed by atoms with Gasteiger partial charge in [-0.05, 0) is 54.3 Å². The Balaban J connectivity index is 1.60. The smallest absolute Gasteiger partial charge is 0.343 e. The van der Waals surface area contributed by atoms with Gasteiger partial charge in [-0.2, -0.15) is 0 Å². The van der Waals surface area contributed by atoms with Gasteiger partial charge in [-0.1, -0.05) is 6.07 Å². The standard InChI is InChI=1S/C21H13FO4S/c1-12-9-15(25-21(24)13-4-6-14(22)7-5-13)10-17-19(12)20(23)18(26-17)11-16-3-2-8-27-16/h2-11H,1H3/b18-11-. The third kappa shape index (κ3) is 3.39. The molecule has 0 unspecified atom stereocenters. The van der Waals surface area contributed by atoms with E-state index in [1.807, 2.05) is 17.5 Å². The maximum atomic E-state index is 13.0. The van der Waals surface area contributed by atoms with Gasteiger partial charge >= 0.3 is 5.97 Å². The van der Waals surface area contributed by atoms with Gasteiger partial charge in [0.1, 0.15) is 17.3 Å². The van der Waals surface area contributed by atoms with E-state index < -0.39 is 11.8 Å². The Morgan fingerprint density at radius 1 is 1.19 bits per heavy atom. The van der Waals surface area contributed by atoms with Crippen LogP contribution >= 0.6 is 11.3 Å². The summed E-state index contributed by atoms with van der Waals surface area (Å²) in [4.78, 5) is 25.7. The summed E-state index contributed by atoms with van der Waals surface area (Å²) in [6.45, 7) is 1.75. The minimum Gasteiger partial charge on any atom is -0.452 e. The lowest BCUT2D eigenvalue weighted by Crippen LogP contribution is -2.08. The van der Waals surface area contributed by atoms with Crippen molar-refractivity contribution in [1.29, 1.82) is 0 Å². The summed E-state index contributed by atoms with van der Waals surface area (Å²) in [6.07, 6.45) is 1.69. The molecule has 6 heteroatoms. The van der Waals surface area contributed by atoms with E-state index in [0.29, 0.717) is 16.9 Å². The molecule has 0 amide bonds. The third-order valence-electron chi connectivity index (χ3n) is 4.05. The fourth-order valence-electron chi connectivity index (χ4n) is 2.79. The van der Waals surface area contributed by atoms with Crippen molar-refractivity contribution in [1.82, 2.24) is 0 Å². The molecule has 1 aliphatic heterocycles. The maximum absolute atomic E-state index is 13.0. The Labute approximate surface area is 158 Å². The maximum Gasteiger partial charge on any atom is 0.343 e. The Morgan fingerprint density at radius 3 is 2.67 bits per heavy atom. The van der Waals surface area contributed by atoms with Crippen LogP contribution in [0, 0.1) is 12.7 Å². The lowest BCUT2D eigenvalue weighted by molar-refractivity contribution is 0.0734. The predicted octanol–water partition coefficient (Wildman–Crippen LogP) is 5.03. The first-order valence-electron chi connectivity index (χ1n) is 8.11. The summed E-state index contributed by atoms with van der Waals surface area (Å²) in [7, 11) is 0. The van der Waals surface area contributed by atoms with Gasteiger partial charge in [-0.25, -0.2) is 9.18 Å². The molecule has 2 heterocycles. The Bertz CT molecular complexity index is 1070. The number of benzene rings is 2. The molecule has 27 heavy (non-hydrogen) atoms. The molecule has 2 aromatic carbocycles. The predicted molar refractivity (Wildman–Crippen MR) is 99.8 cm³/mol. The summed E-state index contributed by atoms with van der Waals surface area (Å²) in [5.41, 5.74) is 1.33. The highest BCUT2D eigenvalue weighted by molar-refractivity contribution is 7.10. The molecule has 0 spiro atoms.